The van der Waals surface area contributed by atoms with Gasteiger partial charge in [0, 0.05) is 13.1 Å². The van der Waals surface area contributed by atoms with Gasteiger partial charge < -0.3 is 0 Å². The number of anilines is 1. The number of benzene rings is 2. The van der Waals surface area contributed by atoms with E-state index in [0.717, 1.165) is 19.3 Å². The molecule has 0 saturated carbocycles. The maximum atomic E-state index is 12.9. The minimum Gasteiger partial charge on any atom is -0.279 e. The van der Waals surface area contributed by atoms with Crippen LogP contribution < -0.4 is 4.72 Å². The number of hydrogen-bond donors (Lipinski definition) is 1. The van der Waals surface area contributed by atoms with E-state index in [1.165, 1.54) is 40.7 Å². The number of nitrogens with zero attached hydrogens (tertiary/aromatic N) is 2. The molecule has 0 bridgehead atoms. The van der Waals surface area contributed by atoms with Crippen molar-refractivity contribution < 1.29 is 16.8 Å². The Hall–Kier alpha value is -2.41. The Bertz CT molecular complexity index is 1110. The molecule has 28 heavy (non-hydrogen) atoms. The largest absolute Gasteiger partial charge is 0.279 e. The summed E-state index contributed by atoms with van der Waals surface area (Å²) in [6.45, 7) is 2.65. The monoisotopic (exact) mass is 419 g/mol. The van der Waals surface area contributed by atoms with Crippen LogP contribution in [0.2, 0.25) is 0 Å². The van der Waals surface area contributed by atoms with Crippen molar-refractivity contribution in [2.45, 2.75) is 36.0 Å². The molecule has 0 amide bonds. The summed E-state index contributed by atoms with van der Waals surface area (Å²) in [7, 11) is -7.58. The highest BCUT2D eigenvalue weighted by Crippen LogP contribution is 2.27. The van der Waals surface area contributed by atoms with Crippen LogP contribution >= 0.6 is 0 Å². The van der Waals surface area contributed by atoms with Crippen molar-refractivity contribution in [3.8, 4) is 6.07 Å². The second-order valence-electron chi connectivity index (χ2n) is 6.68. The smallest absolute Gasteiger partial charge is 0.261 e. The van der Waals surface area contributed by atoms with Crippen LogP contribution in [-0.2, 0) is 20.0 Å². The third-order valence-electron chi connectivity index (χ3n) is 4.70. The Labute approximate surface area is 165 Å². The van der Waals surface area contributed by atoms with Gasteiger partial charge in [-0.25, -0.2) is 16.8 Å². The Morgan fingerprint density at radius 3 is 2.14 bits per heavy atom. The molecule has 1 N–H and O–H groups in total. The highest BCUT2D eigenvalue weighted by atomic mass is 32.2. The minimum absolute atomic E-state index is 0.00445. The molecule has 1 heterocycles. The van der Waals surface area contributed by atoms with Crippen LogP contribution in [0, 0.1) is 18.3 Å². The lowest BCUT2D eigenvalue weighted by molar-refractivity contribution is 0.346. The Balaban J connectivity index is 1.92. The molecular weight excluding hydrogens is 398 g/mol. The predicted octanol–water partition coefficient (Wildman–Crippen LogP) is 2.84. The number of sulfonamides is 2. The Morgan fingerprint density at radius 2 is 1.54 bits per heavy atom. The van der Waals surface area contributed by atoms with Gasteiger partial charge in [0.1, 0.15) is 0 Å². The van der Waals surface area contributed by atoms with Gasteiger partial charge in [0.2, 0.25) is 10.0 Å². The van der Waals surface area contributed by atoms with E-state index in [1.807, 2.05) is 6.07 Å². The van der Waals surface area contributed by atoms with Gasteiger partial charge in [-0.1, -0.05) is 12.5 Å². The number of nitriles is 1. The van der Waals surface area contributed by atoms with Crippen LogP contribution in [-0.4, -0.2) is 34.2 Å². The maximum absolute atomic E-state index is 12.9. The number of aryl methyl sites for hydroxylation is 1. The van der Waals surface area contributed by atoms with Gasteiger partial charge in [0.15, 0.2) is 0 Å². The molecule has 3 rings (SSSR count). The third kappa shape index (κ3) is 4.19. The average molecular weight is 420 g/mol. The van der Waals surface area contributed by atoms with E-state index in [2.05, 4.69) is 4.72 Å². The highest BCUT2D eigenvalue weighted by Gasteiger charge is 2.27. The fourth-order valence-corrected chi connectivity index (χ4v) is 5.70. The van der Waals surface area contributed by atoms with Crippen molar-refractivity contribution in [3.05, 3.63) is 53.6 Å². The summed E-state index contributed by atoms with van der Waals surface area (Å²) >= 11 is 0. The molecule has 0 aliphatic carbocycles. The van der Waals surface area contributed by atoms with Gasteiger partial charge in [0.25, 0.3) is 10.0 Å². The molecule has 2 aromatic rings. The van der Waals surface area contributed by atoms with Gasteiger partial charge >= 0.3 is 0 Å². The summed E-state index contributed by atoms with van der Waals surface area (Å²) in [4.78, 5) is 0.0627. The number of rotatable bonds is 5. The second-order valence-corrected chi connectivity index (χ2v) is 10.3. The molecule has 1 aliphatic heterocycles. The fraction of sp³-hybridized carbons (Fsp3) is 0.316. The normalized spacial score (nSPS) is 15.7. The molecule has 1 fully saturated rings. The predicted molar refractivity (Wildman–Crippen MR) is 106 cm³/mol. The van der Waals surface area contributed by atoms with E-state index in [1.54, 1.807) is 13.0 Å². The molecule has 1 aliphatic rings. The standard InChI is InChI=1S/C19H21N3O4S2/c1-15-5-8-18(28(25,26)22-11-3-2-4-12-22)13-19(15)21-27(23,24)17-9-6-16(14-20)7-10-17/h5-10,13,21H,2-4,11-12H2,1H3. The molecule has 9 heteroatoms. The van der Waals surface area contributed by atoms with E-state index in [-0.39, 0.29) is 15.5 Å². The lowest BCUT2D eigenvalue weighted by atomic mass is 10.2. The van der Waals surface area contributed by atoms with E-state index >= 15 is 0 Å². The first-order valence-corrected chi connectivity index (χ1v) is 11.8. The zero-order valence-corrected chi connectivity index (χ0v) is 17.1. The first kappa shape index (κ1) is 20.3. The van der Waals surface area contributed by atoms with E-state index < -0.39 is 20.0 Å². The van der Waals surface area contributed by atoms with Crippen molar-refractivity contribution in [3.63, 3.8) is 0 Å². The van der Waals surface area contributed by atoms with Crippen molar-refractivity contribution in [2.24, 2.45) is 0 Å². The number of piperidine rings is 1. The Morgan fingerprint density at radius 1 is 0.929 bits per heavy atom. The van der Waals surface area contributed by atoms with Crippen LogP contribution in [0.4, 0.5) is 5.69 Å². The maximum Gasteiger partial charge on any atom is 0.261 e. The lowest BCUT2D eigenvalue weighted by Crippen LogP contribution is -2.35. The first-order chi connectivity index (χ1) is 13.2. The van der Waals surface area contributed by atoms with Gasteiger partial charge in [-0.2, -0.15) is 9.57 Å². The molecule has 0 aromatic heterocycles. The second kappa shape index (κ2) is 7.91. The lowest BCUT2D eigenvalue weighted by Gasteiger charge is -2.26. The first-order valence-electron chi connectivity index (χ1n) is 8.88. The zero-order chi connectivity index (χ0) is 20.4. The summed E-state index contributed by atoms with van der Waals surface area (Å²) in [5.74, 6) is 0. The van der Waals surface area contributed by atoms with Crippen molar-refractivity contribution >= 4 is 25.7 Å². The molecule has 148 valence electrons. The quantitative estimate of drug-likeness (QED) is 0.802. The SMILES string of the molecule is Cc1ccc(S(=O)(=O)N2CCCCC2)cc1NS(=O)(=O)c1ccc(C#N)cc1. The number of nitrogens with one attached hydrogen (secondary N) is 1. The molecule has 0 atom stereocenters. The zero-order valence-electron chi connectivity index (χ0n) is 15.4. The molecule has 0 radical (unpaired) electrons. The molecule has 2 aromatic carbocycles. The molecule has 0 unspecified atom stereocenters. The van der Waals surface area contributed by atoms with E-state index in [0.29, 0.717) is 24.2 Å². The van der Waals surface area contributed by atoms with Crippen molar-refractivity contribution in [2.75, 3.05) is 17.8 Å². The third-order valence-corrected chi connectivity index (χ3v) is 7.98. The molecule has 1 saturated heterocycles. The Kier molecular flexibility index (Phi) is 5.74. The molecule has 0 spiro atoms. The summed E-state index contributed by atoms with van der Waals surface area (Å²) in [5.41, 5.74) is 1.17. The van der Waals surface area contributed by atoms with E-state index in [9.17, 15) is 16.8 Å². The van der Waals surface area contributed by atoms with Crippen LogP contribution in [0.25, 0.3) is 0 Å². The molecule has 7 nitrogen and oxygen atoms in total. The van der Waals surface area contributed by atoms with Crippen LogP contribution in [0.1, 0.15) is 30.4 Å². The van der Waals surface area contributed by atoms with E-state index in [4.69, 9.17) is 5.26 Å². The van der Waals surface area contributed by atoms with Crippen molar-refractivity contribution in [1.82, 2.24) is 4.31 Å². The summed E-state index contributed by atoms with van der Waals surface area (Å²) < 4.78 is 55.0. The van der Waals surface area contributed by atoms with Crippen LogP contribution in [0.5, 0.6) is 0 Å². The average Bonchev–Trinajstić information content (AvgIpc) is 2.70. The van der Waals surface area contributed by atoms with Gasteiger partial charge in [-0.05, 0) is 61.7 Å². The summed E-state index contributed by atoms with van der Waals surface area (Å²) in [6.07, 6.45) is 2.65. The van der Waals surface area contributed by atoms with Gasteiger partial charge in [-0.15, -0.1) is 0 Å². The van der Waals surface area contributed by atoms with Gasteiger partial charge in [-0.3, -0.25) is 4.72 Å². The topological polar surface area (TPSA) is 107 Å². The summed E-state index contributed by atoms with van der Waals surface area (Å²) in [5, 5.41) is 8.84. The molecular formula is C19H21N3O4S2. The van der Waals surface area contributed by atoms with Crippen LogP contribution in [0.3, 0.4) is 0 Å². The van der Waals surface area contributed by atoms with Gasteiger partial charge in [0.05, 0.1) is 27.1 Å². The minimum atomic E-state index is -3.92. The van der Waals surface area contributed by atoms with Crippen LogP contribution in [0.15, 0.2) is 52.3 Å². The number of hydrogen-bond acceptors (Lipinski definition) is 5. The van der Waals surface area contributed by atoms with Crippen molar-refractivity contribution in [1.29, 1.82) is 5.26 Å². The summed E-state index contributed by atoms with van der Waals surface area (Å²) in [6, 6.07) is 11.9. The highest BCUT2D eigenvalue weighted by molar-refractivity contribution is 7.92. The fourth-order valence-electron chi connectivity index (χ4n) is 3.04.